The molecule has 124 valence electrons. The molecule has 1 amide bonds. The number of nitrogens with zero attached hydrogens (tertiary/aromatic N) is 3. The quantitative estimate of drug-likeness (QED) is 0.785. The number of rotatable bonds is 7. The van der Waals surface area contributed by atoms with Gasteiger partial charge in [0.1, 0.15) is 5.60 Å². The van der Waals surface area contributed by atoms with Crippen molar-refractivity contribution in [2.75, 3.05) is 19.6 Å². The summed E-state index contributed by atoms with van der Waals surface area (Å²) in [4.78, 5) is 22.1. The van der Waals surface area contributed by atoms with E-state index in [1.807, 2.05) is 27.7 Å². The number of hydrogen-bond donors (Lipinski definition) is 1. The molecule has 1 unspecified atom stereocenters. The van der Waals surface area contributed by atoms with E-state index in [4.69, 9.17) is 4.74 Å². The van der Waals surface area contributed by atoms with Crippen molar-refractivity contribution in [3.05, 3.63) is 24.3 Å². The van der Waals surface area contributed by atoms with Crippen molar-refractivity contribution in [3.8, 4) is 0 Å². The van der Waals surface area contributed by atoms with Crippen LogP contribution in [-0.4, -0.2) is 46.2 Å². The van der Waals surface area contributed by atoms with Crippen LogP contribution < -0.4 is 5.32 Å². The molecular weight excluding hydrogens is 280 g/mol. The molecule has 0 saturated heterocycles. The van der Waals surface area contributed by atoms with E-state index in [1.54, 1.807) is 23.5 Å². The van der Waals surface area contributed by atoms with Gasteiger partial charge < -0.3 is 15.0 Å². The van der Waals surface area contributed by atoms with Crippen LogP contribution in [0, 0.1) is 0 Å². The van der Waals surface area contributed by atoms with Crippen molar-refractivity contribution in [1.82, 2.24) is 20.2 Å². The minimum absolute atomic E-state index is 0.144. The molecule has 1 rings (SSSR count). The van der Waals surface area contributed by atoms with Crippen molar-refractivity contribution in [1.29, 1.82) is 0 Å². The summed E-state index contributed by atoms with van der Waals surface area (Å²) < 4.78 is 5.39. The highest BCUT2D eigenvalue weighted by atomic mass is 16.6. The summed E-state index contributed by atoms with van der Waals surface area (Å²) in [7, 11) is 0. The lowest BCUT2D eigenvalue weighted by atomic mass is 10.2. The normalized spacial score (nSPS) is 12.8. The second kappa shape index (κ2) is 8.68. The van der Waals surface area contributed by atoms with Crippen molar-refractivity contribution in [2.24, 2.45) is 0 Å². The Labute approximate surface area is 133 Å². The van der Waals surface area contributed by atoms with Crippen molar-refractivity contribution >= 4 is 6.09 Å². The largest absolute Gasteiger partial charge is 0.444 e. The summed E-state index contributed by atoms with van der Waals surface area (Å²) in [6, 6.07) is 0.144. The minimum Gasteiger partial charge on any atom is -0.444 e. The van der Waals surface area contributed by atoms with Crippen LogP contribution in [0.3, 0.4) is 0 Å². The van der Waals surface area contributed by atoms with Gasteiger partial charge in [-0.1, -0.05) is 0 Å². The number of carbonyl (C=O) groups is 1. The second-order valence-electron chi connectivity index (χ2n) is 6.22. The fraction of sp³-hybridized carbons (Fsp3) is 0.688. The van der Waals surface area contributed by atoms with Gasteiger partial charge in [-0.2, -0.15) is 0 Å². The lowest BCUT2D eigenvalue weighted by Gasteiger charge is -2.26. The van der Waals surface area contributed by atoms with Crippen LogP contribution >= 0.6 is 0 Å². The van der Waals surface area contributed by atoms with Crippen LogP contribution in [0.15, 0.2) is 18.6 Å². The van der Waals surface area contributed by atoms with E-state index < -0.39 is 5.60 Å². The molecular formula is C16H28N4O2. The summed E-state index contributed by atoms with van der Waals surface area (Å²) in [6.07, 6.45) is 5.72. The van der Waals surface area contributed by atoms with Gasteiger partial charge in [-0.15, -0.1) is 0 Å². The third kappa shape index (κ3) is 6.85. The molecule has 1 N–H and O–H groups in total. The Hall–Kier alpha value is -1.69. The summed E-state index contributed by atoms with van der Waals surface area (Å²) in [5.41, 5.74) is 0.463. The van der Waals surface area contributed by atoms with E-state index in [1.165, 1.54) is 0 Å². The summed E-state index contributed by atoms with van der Waals surface area (Å²) >= 11 is 0. The molecule has 0 aromatic carbocycles. The summed E-state index contributed by atoms with van der Waals surface area (Å²) in [5, 5.41) is 3.38. The fourth-order valence-corrected chi connectivity index (χ4v) is 1.93. The van der Waals surface area contributed by atoms with Gasteiger partial charge in [0.05, 0.1) is 5.69 Å². The van der Waals surface area contributed by atoms with E-state index in [0.717, 1.165) is 18.7 Å². The third-order valence-corrected chi connectivity index (χ3v) is 3.12. The monoisotopic (exact) mass is 308 g/mol. The van der Waals surface area contributed by atoms with Gasteiger partial charge in [0.25, 0.3) is 0 Å². The molecule has 1 aromatic rings. The molecule has 0 aliphatic rings. The van der Waals surface area contributed by atoms with Gasteiger partial charge in [-0.25, -0.2) is 4.79 Å². The molecule has 0 radical (unpaired) electrons. The Morgan fingerprint density at radius 2 is 2.14 bits per heavy atom. The summed E-state index contributed by atoms with van der Waals surface area (Å²) in [6.45, 7) is 11.8. The molecule has 0 aliphatic heterocycles. The van der Waals surface area contributed by atoms with Crippen LogP contribution in [0.2, 0.25) is 0 Å². The highest BCUT2D eigenvalue weighted by molar-refractivity contribution is 5.68. The molecule has 6 nitrogen and oxygen atoms in total. The van der Waals surface area contributed by atoms with Gasteiger partial charge >= 0.3 is 6.09 Å². The van der Waals surface area contributed by atoms with Gasteiger partial charge in [0.15, 0.2) is 0 Å². The lowest BCUT2D eigenvalue weighted by Crippen LogP contribution is -2.38. The number of hydrogen-bond acceptors (Lipinski definition) is 5. The Kier molecular flexibility index (Phi) is 7.24. The number of nitrogens with one attached hydrogen (secondary N) is 1. The first-order chi connectivity index (χ1) is 10.3. The standard InChI is InChI=1S/C16H28N4O2/c1-6-20(15(21)22-16(3,4)5)11-7-8-18-13(2)14-12-17-9-10-19-14/h9-10,12-13,18H,6-8,11H2,1-5H3. The second-order valence-corrected chi connectivity index (χ2v) is 6.22. The predicted octanol–water partition coefficient (Wildman–Crippen LogP) is 2.77. The Morgan fingerprint density at radius 3 is 2.68 bits per heavy atom. The van der Waals surface area contributed by atoms with Crippen molar-refractivity contribution in [2.45, 2.75) is 52.7 Å². The molecule has 0 fully saturated rings. The maximum absolute atomic E-state index is 12.0. The first-order valence-electron chi connectivity index (χ1n) is 7.80. The van der Waals surface area contributed by atoms with Gasteiger partial charge in [0.2, 0.25) is 0 Å². The maximum atomic E-state index is 12.0. The van der Waals surface area contributed by atoms with Gasteiger partial charge in [0, 0.05) is 37.7 Å². The fourth-order valence-electron chi connectivity index (χ4n) is 1.93. The molecule has 0 bridgehead atoms. The molecule has 1 heterocycles. The molecule has 0 aliphatic carbocycles. The first-order valence-corrected chi connectivity index (χ1v) is 7.80. The SMILES string of the molecule is CCN(CCCNC(C)c1cnccn1)C(=O)OC(C)(C)C. The molecule has 0 spiro atoms. The van der Waals surface area contributed by atoms with E-state index in [2.05, 4.69) is 22.2 Å². The average molecular weight is 308 g/mol. The smallest absolute Gasteiger partial charge is 0.410 e. The van der Waals surface area contributed by atoms with Crippen molar-refractivity contribution < 1.29 is 9.53 Å². The van der Waals surface area contributed by atoms with E-state index >= 15 is 0 Å². The zero-order chi connectivity index (χ0) is 16.6. The Balaban J connectivity index is 2.31. The minimum atomic E-state index is -0.455. The van der Waals surface area contributed by atoms with E-state index in [0.29, 0.717) is 13.1 Å². The molecule has 22 heavy (non-hydrogen) atoms. The molecule has 1 aromatic heterocycles. The number of ether oxygens (including phenoxy) is 1. The topological polar surface area (TPSA) is 67.3 Å². The van der Waals surface area contributed by atoms with Crippen LogP contribution in [-0.2, 0) is 4.74 Å². The summed E-state index contributed by atoms with van der Waals surface area (Å²) in [5.74, 6) is 0. The highest BCUT2D eigenvalue weighted by Crippen LogP contribution is 2.10. The Bertz CT molecular complexity index is 445. The van der Waals surface area contributed by atoms with Crippen molar-refractivity contribution in [3.63, 3.8) is 0 Å². The highest BCUT2D eigenvalue weighted by Gasteiger charge is 2.20. The lowest BCUT2D eigenvalue weighted by molar-refractivity contribution is 0.0258. The van der Waals surface area contributed by atoms with Crippen LogP contribution in [0.4, 0.5) is 4.79 Å². The molecule has 0 saturated carbocycles. The van der Waals surface area contributed by atoms with E-state index in [9.17, 15) is 4.79 Å². The van der Waals surface area contributed by atoms with E-state index in [-0.39, 0.29) is 12.1 Å². The van der Waals surface area contributed by atoms with Gasteiger partial charge in [-0.3, -0.25) is 9.97 Å². The Morgan fingerprint density at radius 1 is 1.41 bits per heavy atom. The number of carbonyl (C=O) groups excluding carboxylic acids is 1. The van der Waals surface area contributed by atoms with Crippen LogP contribution in [0.1, 0.15) is 52.8 Å². The maximum Gasteiger partial charge on any atom is 0.410 e. The van der Waals surface area contributed by atoms with Gasteiger partial charge in [-0.05, 0) is 47.6 Å². The number of aromatic nitrogens is 2. The zero-order valence-corrected chi connectivity index (χ0v) is 14.3. The predicted molar refractivity (Wildman–Crippen MR) is 86.5 cm³/mol. The third-order valence-electron chi connectivity index (χ3n) is 3.12. The van der Waals surface area contributed by atoms with Crippen LogP contribution in [0.25, 0.3) is 0 Å². The van der Waals surface area contributed by atoms with Crippen LogP contribution in [0.5, 0.6) is 0 Å². The first kappa shape index (κ1) is 18.4. The average Bonchev–Trinajstić information content (AvgIpc) is 2.46. The molecule has 6 heteroatoms. The number of amides is 1. The zero-order valence-electron chi connectivity index (χ0n) is 14.3. The molecule has 1 atom stereocenters.